The molecule has 0 heterocycles. The van der Waals surface area contributed by atoms with Crippen molar-refractivity contribution in [1.82, 2.24) is 0 Å². The topological polar surface area (TPSA) is 38.0 Å². The predicted molar refractivity (Wildman–Crippen MR) is 64.5 cm³/mol. The molecule has 0 spiro atoms. The molecule has 0 aliphatic rings. The molecule has 0 fully saturated rings. The van der Waals surface area contributed by atoms with Gasteiger partial charge >= 0.3 is 0 Å². The van der Waals surface area contributed by atoms with Crippen LogP contribution in [0.15, 0.2) is 12.1 Å². The zero-order valence-corrected chi connectivity index (χ0v) is 10.0. The average molecular weight is 331 g/mol. The van der Waals surface area contributed by atoms with Gasteiger partial charge in [-0.25, -0.2) is 4.39 Å². The van der Waals surface area contributed by atoms with Crippen LogP contribution in [0.2, 0.25) is 5.02 Å². The third kappa shape index (κ3) is 2.92. The highest BCUT2D eigenvalue weighted by Crippen LogP contribution is 2.26. The molecule has 1 aromatic carbocycles. The molecule has 0 aromatic heterocycles. The number of halogens is 3. The molecule has 0 saturated heterocycles. The van der Waals surface area contributed by atoms with Crippen molar-refractivity contribution >= 4 is 57.2 Å². The van der Waals surface area contributed by atoms with Crippen molar-refractivity contribution in [2.75, 3.05) is 5.32 Å². The predicted octanol–water partition coefficient (Wildman–Crippen LogP) is 2.74. The molecule has 0 bridgehead atoms. The van der Waals surface area contributed by atoms with Crippen LogP contribution in [0.25, 0.3) is 0 Å². The number of anilines is 1. The van der Waals surface area contributed by atoms with E-state index in [2.05, 4.69) is 17.5 Å². The summed E-state index contributed by atoms with van der Waals surface area (Å²) in [6.07, 6.45) is 0. The minimum absolute atomic E-state index is 0.101. The molecular formula is C7H5ClFIN2S. The second kappa shape index (κ2) is 4.39. The van der Waals surface area contributed by atoms with E-state index in [0.29, 0.717) is 9.26 Å². The molecule has 1 rings (SSSR count). The zero-order valence-electron chi connectivity index (χ0n) is 6.27. The maximum atomic E-state index is 12.9. The SMILES string of the molecule is NC(=S)Nc1cc(I)c(F)cc1Cl. The number of hydrogen-bond acceptors (Lipinski definition) is 1. The van der Waals surface area contributed by atoms with Gasteiger partial charge in [-0.2, -0.15) is 0 Å². The maximum Gasteiger partial charge on any atom is 0.168 e. The van der Waals surface area contributed by atoms with Crippen LogP contribution in [-0.2, 0) is 0 Å². The quantitative estimate of drug-likeness (QED) is 0.472. The molecule has 0 amide bonds. The van der Waals surface area contributed by atoms with Gasteiger partial charge in [0.05, 0.1) is 14.3 Å². The number of nitrogens with two attached hydrogens (primary N) is 1. The van der Waals surface area contributed by atoms with Gasteiger partial charge in [0.2, 0.25) is 0 Å². The van der Waals surface area contributed by atoms with Crippen LogP contribution in [0, 0.1) is 9.39 Å². The van der Waals surface area contributed by atoms with E-state index in [9.17, 15) is 4.39 Å². The molecule has 70 valence electrons. The Hall–Kier alpha value is -0.140. The first-order valence-electron chi connectivity index (χ1n) is 3.21. The summed E-state index contributed by atoms with van der Waals surface area (Å²) in [5.41, 5.74) is 5.76. The Kier molecular flexibility index (Phi) is 3.69. The smallest absolute Gasteiger partial charge is 0.168 e. The molecule has 0 aliphatic heterocycles. The Balaban J connectivity index is 3.08. The lowest BCUT2D eigenvalue weighted by molar-refractivity contribution is 0.620. The standard InChI is InChI=1S/C7H5ClFIN2S/c8-3-1-4(9)5(10)2-6(3)12-7(11)13/h1-2H,(H3,11,12,13). The van der Waals surface area contributed by atoms with Crippen LogP contribution in [0.3, 0.4) is 0 Å². The number of nitrogens with one attached hydrogen (secondary N) is 1. The van der Waals surface area contributed by atoms with Crippen molar-refractivity contribution in [3.63, 3.8) is 0 Å². The average Bonchev–Trinajstić information content (AvgIpc) is 1.99. The molecule has 0 radical (unpaired) electrons. The summed E-state index contributed by atoms with van der Waals surface area (Å²) in [4.78, 5) is 0. The number of rotatable bonds is 1. The molecule has 6 heteroatoms. The minimum Gasteiger partial charge on any atom is -0.376 e. The van der Waals surface area contributed by atoms with Crippen LogP contribution in [-0.4, -0.2) is 5.11 Å². The minimum atomic E-state index is -0.362. The van der Waals surface area contributed by atoms with E-state index in [-0.39, 0.29) is 16.0 Å². The largest absolute Gasteiger partial charge is 0.376 e. The zero-order chi connectivity index (χ0) is 10.0. The van der Waals surface area contributed by atoms with Crippen LogP contribution in [0.1, 0.15) is 0 Å². The van der Waals surface area contributed by atoms with E-state index in [4.69, 9.17) is 17.3 Å². The fraction of sp³-hybridized carbons (Fsp3) is 0. The highest BCUT2D eigenvalue weighted by molar-refractivity contribution is 14.1. The lowest BCUT2D eigenvalue weighted by Crippen LogP contribution is -2.19. The van der Waals surface area contributed by atoms with Crippen molar-refractivity contribution in [3.05, 3.63) is 26.5 Å². The molecule has 13 heavy (non-hydrogen) atoms. The van der Waals surface area contributed by atoms with E-state index < -0.39 is 0 Å². The van der Waals surface area contributed by atoms with Crippen molar-refractivity contribution in [1.29, 1.82) is 0 Å². The normalized spacial score (nSPS) is 9.77. The van der Waals surface area contributed by atoms with Crippen molar-refractivity contribution in [2.24, 2.45) is 5.73 Å². The van der Waals surface area contributed by atoms with Crippen LogP contribution in [0.4, 0.5) is 10.1 Å². The molecular weight excluding hydrogens is 326 g/mol. The maximum absolute atomic E-state index is 12.9. The first-order chi connectivity index (χ1) is 6.00. The summed E-state index contributed by atoms with van der Waals surface area (Å²) in [5, 5.41) is 3.00. The van der Waals surface area contributed by atoms with Gasteiger partial charge in [0.15, 0.2) is 5.11 Å². The molecule has 0 atom stereocenters. The third-order valence-electron chi connectivity index (χ3n) is 1.27. The molecule has 0 unspecified atom stereocenters. The monoisotopic (exact) mass is 330 g/mol. The Morgan fingerprint density at radius 2 is 2.23 bits per heavy atom. The Labute approximate surface area is 98.8 Å². The van der Waals surface area contributed by atoms with Gasteiger partial charge in [-0.05, 0) is 46.9 Å². The van der Waals surface area contributed by atoms with Crippen molar-refractivity contribution in [2.45, 2.75) is 0 Å². The van der Waals surface area contributed by atoms with Gasteiger partial charge in [-0.1, -0.05) is 11.6 Å². The van der Waals surface area contributed by atoms with Crippen molar-refractivity contribution in [3.8, 4) is 0 Å². The van der Waals surface area contributed by atoms with Crippen molar-refractivity contribution < 1.29 is 4.39 Å². The van der Waals surface area contributed by atoms with Crippen LogP contribution < -0.4 is 11.1 Å². The van der Waals surface area contributed by atoms with Gasteiger partial charge in [0, 0.05) is 0 Å². The first kappa shape index (κ1) is 10.9. The molecule has 0 saturated carbocycles. The van der Waals surface area contributed by atoms with E-state index in [1.165, 1.54) is 12.1 Å². The summed E-state index contributed by atoms with van der Waals surface area (Å²) < 4.78 is 13.4. The molecule has 0 aliphatic carbocycles. The number of thiocarbonyl (C=S) groups is 1. The number of hydrogen-bond donors (Lipinski definition) is 2. The molecule has 2 nitrogen and oxygen atoms in total. The second-order valence-electron chi connectivity index (χ2n) is 2.24. The van der Waals surface area contributed by atoms with Gasteiger partial charge in [0.25, 0.3) is 0 Å². The first-order valence-corrected chi connectivity index (χ1v) is 5.08. The number of benzene rings is 1. The van der Waals surface area contributed by atoms with E-state index in [0.717, 1.165) is 0 Å². The Bertz CT molecular complexity index is 359. The lowest BCUT2D eigenvalue weighted by atomic mass is 10.3. The second-order valence-corrected chi connectivity index (χ2v) is 4.24. The van der Waals surface area contributed by atoms with E-state index in [1.54, 1.807) is 0 Å². The van der Waals surface area contributed by atoms with Gasteiger partial charge < -0.3 is 11.1 Å². The summed E-state index contributed by atoms with van der Waals surface area (Å²) >= 11 is 12.2. The molecule has 1 aromatic rings. The van der Waals surface area contributed by atoms with Crippen LogP contribution in [0.5, 0.6) is 0 Å². The fourth-order valence-electron chi connectivity index (χ4n) is 0.751. The lowest BCUT2D eigenvalue weighted by Gasteiger charge is -2.06. The van der Waals surface area contributed by atoms with Gasteiger partial charge in [-0.3, -0.25) is 0 Å². The van der Waals surface area contributed by atoms with Gasteiger partial charge in [0.1, 0.15) is 5.82 Å². The van der Waals surface area contributed by atoms with Gasteiger partial charge in [-0.15, -0.1) is 0 Å². The Morgan fingerprint density at radius 1 is 1.62 bits per heavy atom. The summed E-state index contributed by atoms with van der Waals surface area (Å²) in [7, 11) is 0. The summed E-state index contributed by atoms with van der Waals surface area (Å²) in [6, 6.07) is 2.75. The highest BCUT2D eigenvalue weighted by atomic mass is 127. The summed E-state index contributed by atoms with van der Waals surface area (Å²) in [5.74, 6) is -0.362. The summed E-state index contributed by atoms with van der Waals surface area (Å²) in [6.45, 7) is 0. The van der Waals surface area contributed by atoms with Crippen LogP contribution >= 0.6 is 46.4 Å². The molecule has 3 N–H and O–H groups in total. The third-order valence-corrected chi connectivity index (χ3v) is 2.51. The van der Waals surface area contributed by atoms with E-state index >= 15 is 0 Å². The highest BCUT2D eigenvalue weighted by Gasteiger charge is 2.06. The Morgan fingerprint density at radius 3 is 2.77 bits per heavy atom. The fourth-order valence-corrected chi connectivity index (χ4v) is 1.53. The van der Waals surface area contributed by atoms with E-state index in [1.807, 2.05) is 22.6 Å².